The van der Waals surface area contributed by atoms with E-state index >= 15 is 0 Å². The first-order valence-corrected chi connectivity index (χ1v) is 10.1. The van der Waals surface area contributed by atoms with Crippen molar-refractivity contribution < 1.29 is 4.79 Å². The quantitative estimate of drug-likeness (QED) is 0.770. The summed E-state index contributed by atoms with van der Waals surface area (Å²) < 4.78 is 2.06. The number of amides is 1. The Bertz CT molecular complexity index is 706. The highest BCUT2D eigenvalue weighted by molar-refractivity contribution is 7.99. The number of carbonyl (C=O) groups excluding carboxylic acids is 1. The fourth-order valence-electron chi connectivity index (χ4n) is 3.26. The van der Waals surface area contributed by atoms with Gasteiger partial charge in [-0.15, -0.1) is 11.8 Å². The number of benzene rings is 1. The minimum atomic E-state index is 0.0743. The third kappa shape index (κ3) is 5.11. The molecule has 0 unspecified atom stereocenters. The summed E-state index contributed by atoms with van der Waals surface area (Å²) in [5.74, 6) is 0.0743. The summed E-state index contributed by atoms with van der Waals surface area (Å²) in [6.45, 7) is 5.75. The highest BCUT2D eigenvalue weighted by atomic mass is 32.2. The maximum absolute atomic E-state index is 12.1. The van der Waals surface area contributed by atoms with Crippen LogP contribution in [0.2, 0.25) is 0 Å². The Labute approximate surface area is 154 Å². The van der Waals surface area contributed by atoms with Gasteiger partial charge in [-0.1, -0.05) is 26.0 Å². The van der Waals surface area contributed by atoms with Crippen molar-refractivity contribution in [2.75, 3.05) is 6.54 Å². The van der Waals surface area contributed by atoms with Gasteiger partial charge in [0.05, 0.1) is 19.2 Å². The average molecular weight is 358 g/mol. The number of hydrogen-bond donors (Lipinski definition) is 1. The SMILES string of the molecule is CC(C)Sc1ccc(CC(=O)NCCn2ncc3c2CCCC3)cc1. The smallest absolute Gasteiger partial charge is 0.224 e. The molecular formula is C20H27N3OS. The molecule has 1 amide bonds. The predicted octanol–water partition coefficient (Wildman–Crippen LogP) is 3.62. The second-order valence-corrected chi connectivity index (χ2v) is 8.53. The number of thioether (sulfide) groups is 1. The number of nitrogens with one attached hydrogen (secondary N) is 1. The molecule has 0 aliphatic heterocycles. The number of hydrogen-bond acceptors (Lipinski definition) is 3. The molecule has 1 aromatic heterocycles. The van der Waals surface area contributed by atoms with Crippen molar-refractivity contribution >= 4 is 17.7 Å². The van der Waals surface area contributed by atoms with Gasteiger partial charge in [0, 0.05) is 22.4 Å². The summed E-state index contributed by atoms with van der Waals surface area (Å²) >= 11 is 1.84. The Morgan fingerprint density at radius 2 is 2.00 bits per heavy atom. The van der Waals surface area contributed by atoms with E-state index in [1.54, 1.807) is 0 Å². The van der Waals surface area contributed by atoms with E-state index in [2.05, 4.69) is 41.1 Å². The molecule has 0 bridgehead atoms. The van der Waals surface area contributed by atoms with Crippen LogP contribution in [-0.2, 0) is 30.6 Å². The summed E-state index contributed by atoms with van der Waals surface area (Å²) in [6, 6.07) is 8.30. The summed E-state index contributed by atoms with van der Waals surface area (Å²) in [5, 5.41) is 8.06. The lowest BCUT2D eigenvalue weighted by Crippen LogP contribution is -2.29. The third-order valence-electron chi connectivity index (χ3n) is 4.45. The summed E-state index contributed by atoms with van der Waals surface area (Å²) in [4.78, 5) is 13.4. The zero-order valence-corrected chi connectivity index (χ0v) is 15.9. The van der Waals surface area contributed by atoms with Gasteiger partial charge >= 0.3 is 0 Å². The van der Waals surface area contributed by atoms with Crippen LogP contribution in [0.3, 0.4) is 0 Å². The van der Waals surface area contributed by atoms with Gasteiger partial charge in [0.25, 0.3) is 0 Å². The molecule has 5 heteroatoms. The monoisotopic (exact) mass is 357 g/mol. The molecule has 0 fully saturated rings. The van der Waals surface area contributed by atoms with Crippen LogP contribution >= 0.6 is 11.8 Å². The van der Waals surface area contributed by atoms with Crippen LogP contribution in [0.4, 0.5) is 0 Å². The lowest BCUT2D eigenvalue weighted by Gasteiger charge is -2.14. The maximum atomic E-state index is 12.1. The van der Waals surface area contributed by atoms with Crippen molar-refractivity contribution in [3.05, 3.63) is 47.3 Å². The van der Waals surface area contributed by atoms with Crippen LogP contribution in [0.5, 0.6) is 0 Å². The molecule has 134 valence electrons. The molecule has 3 rings (SSSR count). The highest BCUT2D eigenvalue weighted by Crippen LogP contribution is 2.23. The molecule has 25 heavy (non-hydrogen) atoms. The summed E-state index contributed by atoms with van der Waals surface area (Å²) in [5.41, 5.74) is 3.80. The minimum Gasteiger partial charge on any atom is -0.354 e. The van der Waals surface area contributed by atoms with E-state index in [1.165, 1.54) is 29.0 Å². The Morgan fingerprint density at radius 3 is 2.76 bits per heavy atom. The molecule has 4 nitrogen and oxygen atoms in total. The zero-order valence-electron chi connectivity index (χ0n) is 15.1. The Morgan fingerprint density at radius 1 is 1.24 bits per heavy atom. The first-order valence-electron chi connectivity index (χ1n) is 9.17. The molecule has 1 N–H and O–H groups in total. The van der Waals surface area contributed by atoms with Crippen LogP contribution < -0.4 is 5.32 Å². The molecule has 1 heterocycles. The molecule has 2 aromatic rings. The average Bonchev–Trinajstić information content (AvgIpc) is 3.00. The maximum Gasteiger partial charge on any atom is 0.224 e. The van der Waals surface area contributed by atoms with E-state index < -0.39 is 0 Å². The van der Waals surface area contributed by atoms with Crippen molar-refractivity contribution in [2.24, 2.45) is 0 Å². The number of carbonyl (C=O) groups is 1. The number of aromatic nitrogens is 2. The molecule has 1 aromatic carbocycles. The Balaban J connectivity index is 1.44. The van der Waals surface area contributed by atoms with Crippen LogP contribution in [0.25, 0.3) is 0 Å². The molecule has 0 radical (unpaired) electrons. The van der Waals surface area contributed by atoms with Crippen LogP contribution in [0.15, 0.2) is 35.4 Å². The molecule has 0 atom stereocenters. The lowest BCUT2D eigenvalue weighted by molar-refractivity contribution is -0.120. The van der Waals surface area contributed by atoms with Gasteiger partial charge in [0.2, 0.25) is 5.91 Å². The van der Waals surface area contributed by atoms with Crippen molar-refractivity contribution in [1.82, 2.24) is 15.1 Å². The fraction of sp³-hybridized carbons (Fsp3) is 0.500. The molecule has 0 spiro atoms. The van der Waals surface area contributed by atoms with E-state index in [0.717, 1.165) is 24.9 Å². The van der Waals surface area contributed by atoms with Crippen LogP contribution in [0.1, 0.15) is 43.5 Å². The normalized spacial score (nSPS) is 13.7. The van der Waals surface area contributed by atoms with Crippen LogP contribution in [0, 0.1) is 0 Å². The van der Waals surface area contributed by atoms with Gasteiger partial charge in [-0.25, -0.2) is 0 Å². The number of fused-ring (bicyclic) bond motifs is 1. The second kappa shape index (κ2) is 8.56. The lowest BCUT2D eigenvalue weighted by atomic mass is 9.98. The second-order valence-electron chi connectivity index (χ2n) is 6.88. The zero-order chi connectivity index (χ0) is 17.6. The van der Waals surface area contributed by atoms with E-state index in [4.69, 9.17) is 0 Å². The predicted molar refractivity (Wildman–Crippen MR) is 103 cm³/mol. The van der Waals surface area contributed by atoms with E-state index in [1.807, 2.05) is 30.1 Å². The number of rotatable bonds is 7. The summed E-state index contributed by atoms with van der Waals surface area (Å²) in [7, 11) is 0. The van der Waals surface area contributed by atoms with E-state index in [9.17, 15) is 4.79 Å². The van der Waals surface area contributed by atoms with Crippen LogP contribution in [-0.4, -0.2) is 27.5 Å². The fourth-order valence-corrected chi connectivity index (χ4v) is 4.09. The van der Waals surface area contributed by atoms with E-state index in [0.29, 0.717) is 18.2 Å². The first-order chi connectivity index (χ1) is 12.1. The Hall–Kier alpha value is -1.75. The van der Waals surface area contributed by atoms with Gasteiger partial charge in [-0.3, -0.25) is 9.48 Å². The standard InChI is InChI=1S/C20H27N3OS/c1-15(2)25-18-9-7-16(8-10-18)13-20(24)21-11-12-23-19-6-4-3-5-17(19)14-22-23/h7-10,14-15H,3-6,11-13H2,1-2H3,(H,21,24). The first kappa shape index (κ1) is 18.1. The minimum absolute atomic E-state index is 0.0743. The number of aryl methyl sites for hydroxylation is 1. The Kier molecular flexibility index (Phi) is 6.19. The van der Waals surface area contributed by atoms with Crippen molar-refractivity contribution in [3.8, 4) is 0 Å². The van der Waals surface area contributed by atoms with Crippen molar-refractivity contribution in [2.45, 2.75) is 62.6 Å². The van der Waals surface area contributed by atoms with Gasteiger partial charge in [-0.2, -0.15) is 5.10 Å². The molecule has 1 aliphatic rings. The van der Waals surface area contributed by atoms with Gasteiger partial charge < -0.3 is 5.32 Å². The largest absolute Gasteiger partial charge is 0.354 e. The molecule has 0 saturated heterocycles. The molecule has 1 aliphatic carbocycles. The van der Waals surface area contributed by atoms with Gasteiger partial charge in [0.15, 0.2) is 0 Å². The molecular weight excluding hydrogens is 330 g/mol. The topological polar surface area (TPSA) is 46.9 Å². The number of nitrogens with zero attached hydrogens (tertiary/aromatic N) is 2. The van der Waals surface area contributed by atoms with E-state index in [-0.39, 0.29) is 5.91 Å². The van der Waals surface area contributed by atoms with Gasteiger partial charge in [0.1, 0.15) is 0 Å². The van der Waals surface area contributed by atoms with Crippen molar-refractivity contribution in [3.63, 3.8) is 0 Å². The van der Waals surface area contributed by atoms with Gasteiger partial charge in [-0.05, 0) is 48.9 Å². The highest BCUT2D eigenvalue weighted by Gasteiger charge is 2.14. The molecule has 0 saturated carbocycles. The summed E-state index contributed by atoms with van der Waals surface area (Å²) in [6.07, 6.45) is 7.20. The third-order valence-corrected chi connectivity index (χ3v) is 5.47. The van der Waals surface area contributed by atoms with Crippen molar-refractivity contribution in [1.29, 1.82) is 0 Å².